The zero-order chi connectivity index (χ0) is 29.9. The topological polar surface area (TPSA) is 81.0 Å². The van der Waals surface area contributed by atoms with Gasteiger partial charge in [0.2, 0.25) is 0 Å². The van der Waals surface area contributed by atoms with E-state index in [0.29, 0.717) is 35.7 Å². The quantitative estimate of drug-likeness (QED) is 0.338. The summed E-state index contributed by atoms with van der Waals surface area (Å²) in [5.41, 5.74) is 1.81. The molecule has 0 unspecified atom stereocenters. The summed E-state index contributed by atoms with van der Waals surface area (Å²) >= 11 is 0. The molecule has 2 aromatic carbocycles. The Bertz CT molecular complexity index is 1650. The number of alkyl halides is 3. The van der Waals surface area contributed by atoms with Gasteiger partial charge in [0.25, 0.3) is 0 Å². The average molecular weight is 577 g/mol. The van der Waals surface area contributed by atoms with Crippen LogP contribution in [0.3, 0.4) is 0 Å². The van der Waals surface area contributed by atoms with Crippen LogP contribution in [-0.2, 0) is 12.7 Å². The van der Waals surface area contributed by atoms with Crippen molar-refractivity contribution in [3.63, 3.8) is 0 Å². The Morgan fingerprint density at radius 1 is 0.976 bits per heavy atom. The lowest BCUT2D eigenvalue weighted by molar-refractivity contribution is -0.138. The van der Waals surface area contributed by atoms with Crippen LogP contribution in [-0.4, -0.2) is 77.8 Å². The number of amides is 2. The van der Waals surface area contributed by atoms with E-state index in [0.717, 1.165) is 25.0 Å². The van der Waals surface area contributed by atoms with Gasteiger partial charge in [-0.1, -0.05) is 18.1 Å². The Morgan fingerprint density at radius 2 is 1.71 bits per heavy atom. The van der Waals surface area contributed by atoms with Crippen LogP contribution >= 0.6 is 0 Å². The number of aromatic nitrogens is 3. The first-order chi connectivity index (χ1) is 20.0. The van der Waals surface area contributed by atoms with Gasteiger partial charge in [0.05, 0.1) is 11.8 Å². The van der Waals surface area contributed by atoms with E-state index in [2.05, 4.69) is 37.5 Å². The summed E-state index contributed by atoms with van der Waals surface area (Å²) in [5.74, 6) is 6.86. The Balaban J connectivity index is 1.27. The molecule has 1 fully saturated rings. The highest BCUT2D eigenvalue weighted by Crippen LogP contribution is 2.34. The van der Waals surface area contributed by atoms with Gasteiger partial charge >= 0.3 is 12.2 Å². The summed E-state index contributed by atoms with van der Waals surface area (Å²) in [6.07, 6.45) is -2.91. The Kier molecular flexibility index (Phi) is 8.33. The number of rotatable bonds is 5. The summed E-state index contributed by atoms with van der Waals surface area (Å²) in [6.45, 7) is 3.22. The van der Waals surface area contributed by atoms with Crippen molar-refractivity contribution in [3.05, 3.63) is 83.2 Å². The number of anilines is 3. The van der Waals surface area contributed by atoms with Crippen molar-refractivity contribution in [1.82, 2.24) is 24.4 Å². The molecule has 0 bridgehead atoms. The molecule has 2 N–H and O–H groups in total. The van der Waals surface area contributed by atoms with Crippen LogP contribution in [0, 0.1) is 11.8 Å². The maximum absolute atomic E-state index is 13.9. The summed E-state index contributed by atoms with van der Waals surface area (Å²) in [7, 11) is 5.78. The van der Waals surface area contributed by atoms with E-state index in [9.17, 15) is 18.0 Å². The van der Waals surface area contributed by atoms with E-state index in [1.165, 1.54) is 12.1 Å². The van der Waals surface area contributed by atoms with Gasteiger partial charge < -0.3 is 20.4 Å². The van der Waals surface area contributed by atoms with Crippen molar-refractivity contribution in [3.8, 4) is 11.8 Å². The minimum absolute atomic E-state index is 0.0510. The molecule has 0 spiro atoms. The van der Waals surface area contributed by atoms with Crippen LogP contribution in [0.15, 0.2) is 60.8 Å². The molecule has 0 saturated carbocycles. The first-order valence-corrected chi connectivity index (χ1v) is 13.4. The molecule has 1 aliphatic heterocycles. The van der Waals surface area contributed by atoms with Crippen molar-refractivity contribution in [2.45, 2.75) is 12.7 Å². The zero-order valence-corrected chi connectivity index (χ0v) is 23.5. The van der Waals surface area contributed by atoms with Gasteiger partial charge in [0.1, 0.15) is 11.5 Å². The number of hydrogen-bond acceptors (Lipinski definition) is 6. The Morgan fingerprint density at radius 3 is 2.43 bits per heavy atom. The number of halogens is 3. The number of likely N-dealkylation sites (N-methyl/N-ethyl adjacent to an activating group) is 1. The molecule has 4 aromatic rings. The van der Waals surface area contributed by atoms with Crippen molar-refractivity contribution < 1.29 is 18.0 Å². The van der Waals surface area contributed by atoms with Crippen LogP contribution in [0.1, 0.15) is 22.4 Å². The van der Waals surface area contributed by atoms with Crippen LogP contribution in [0.4, 0.5) is 35.2 Å². The van der Waals surface area contributed by atoms with E-state index < -0.39 is 17.8 Å². The molecule has 12 heteroatoms. The number of piperazine rings is 1. The third-order valence-corrected chi connectivity index (χ3v) is 6.92. The van der Waals surface area contributed by atoms with Crippen molar-refractivity contribution in [2.24, 2.45) is 0 Å². The highest BCUT2D eigenvalue weighted by Gasteiger charge is 2.34. The fourth-order valence-electron chi connectivity index (χ4n) is 4.59. The molecule has 9 nitrogen and oxygen atoms in total. The van der Waals surface area contributed by atoms with E-state index in [4.69, 9.17) is 0 Å². The third kappa shape index (κ3) is 6.99. The minimum atomic E-state index is -4.55. The van der Waals surface area contributed by atoms with E-state index >= 15 is 0 Å². The molecular weight excluding hydrogens is 545 g/mol. The molecule has 1 aliphatic rings. The zero-order valence-electron chi connectivity index (χ0n) is 23.5. The molecule has 0 aliphatic carbocycles. The third-order valence-electron chi connectivity index (χ3n) is 6.92. The monoisotopic (exact) mass is 576 g/mol. The summed E-state index contributed by atoms with van der Waals surface area (Å²) < 4.78 is 43.4. The number of urea groups is 1. The molecule has 3 heterocycles. The van der Waals surface area contributed by atoms with E-state index in [1.807, 2.05) is 43.1 Å². The first kappa shape index (κ1) is 28.9. The molecule has 218 valence electrons. The first-order valence-electron chi connectivity index (χ1n) is 13.4. The molecule has 1 saturated heterocycles. The molecule has 5 rings (SSSR count). The van der Waals surface area contributed by atoms with Gasteiger partial charge in [0.15, 0.2) is 5.65 Å². The van der Waals surface area contributed by atoms with Gasteiger partial charge in [-0.25, -0.2) is 14.3 Å². The molecule has 0 atom stereocenters. The smallest absolute Gasteiger partial charge is 0.361 e. The number of imidazole rings is 1. The highest BCUT2D eigenvalue weighted by molar-refractivity contribution is 5.99. The predicted molar refractivity (Wildman–Crippen MR) is 157 cm³/mol. The van der Waals surface area contributed by atoms with Gasteiger partial charge in [-0.05, 0) is 61.0 Å². The largest absolute Gasteiger partial charge is 0.416 e. The fourth-order valence-corrected chi connectivity index (χ4v) is 4.59. The number of nitrogens with one attached hydrogen (secondary N) is 2. The highest BCUT2D eigenvalue weighted by atomic mass is 19.4. The lowest BCUT2D eigenvalue weighted by Gasteiger charge is -2.33. The summed E-state index contributed by atoms with van der Waals surface area (Å²) in [6, 6.07) is 13.8. The SMILES string of the molecule is CN1CCN(Cc2ccc(NC(=O)Nc3cccc(C#Cc4cnc5ccc(N(C)C)nn45)c3)cc2C(F)(F)F)CC1. The maximum atomic E-state index is 13.9. The lowest BCUT2D eigenvalue weighted by Crippen LogP contribution is -2.44. The van der Waals surface area contributed by atoms with Gasteiger partial charge in [-0.2, -0.15) is 13.2 Å². The number of carbonyl (C=O) groups excluding carboxylic acids is 1. The predicted octanol–water partition coefficient (Wildman–Crippen LogP) is 4.61. The van der Waals surface area contributed by atoms with Gasteiger partial charge in [-0.15, -0.1) is 5.10 Å². The lowest BCUT2D eigenvalue weighted by atomic mass is 10.0. The molecule has 2 amide bonds. The fraction of sp³-hybridized carbons (Fsp3) is 0.300. The number of fused-ring (bicyclic) bond motifs is 1. The Labute approximate surface area is 241 Å². The second kappa shape index (κ2) is 12.1. The standard InChI is InChI=1S/C30H31F3N8O/c1-38(2)28-12-11-27-34-19-25(41(27)37-28)10-7-21-5-4-6-23(17-21)35-29(42)36-24-9-8-22(26(18-24)30(31,32)33)20-40-15-13-39(3)14-16-40/h4-6,8-9,11-12,17-19H,13-16,20H2,1-3H3,(H2,35,36,42). The van der Waals surface area contributed by atoms with Crippen LogP contribution in [0.5, 0.6) is 0 Å². The van der Waals surface area contributed by atoms with Crippen LogP contribution < -0.4 is 15.5 Å². The van der Waals surface area contributed by atoms with Crippen molar-refractivity contribution in [1.29, 1.82) is 0 Å². The average Bonchev–Trinajstić information content (AvgIpc) is 3.36. The van der Waals surface area contributed by atoms with E-state index in [-0.39, 0.29) is 17.8 Å². The summed E-state index contributed by atoms with van der Waals surface area (Å²) in [5, 5.41) is 9.73. The number of hydrogen-bond donors (Lipinski definition) is 2. The maximum Gasteiger partial charge on any atom is 0.416 e. The number of nitrogens with zero attached hydrogens (tertiary/aromatic N) is 6. The number of benzene rings is 2. The van der Waals surface area contributed by atoms with Crippen molar-refractivity contribution >= 4 is 28.9 Å². The van der Waals surface area contributed by atoms with E-state index in [1.54, 1.807) is 35.0 Å². The van der Waals surface area contributed by atoms with Gasteiger partial charge in [-0.3, -0.25) is 4.90 Å². The molecular formula is C30H31F3N8O. The second-order valence-corrected chi connectivity index (χ2v) is 10.4. The second-order valence-electron chi connectivity index (χ2n) is 10.4. The number of carbonyl (C=O) groups is 1. The summed E-state index contributed by atoms with van der Waals surface area (Å²) in [4.78, 5) is 23.0. The van der Waals surface area contributed by atoms with Crippen LogP contribution in [0.25, 0.3) is 5.65 Å². The normalized spacial score (nSPS) is 14.3. The molecule has 0 radical (unpaired) electrons. The van der Waals surface area contributed by atoms with Crippen LogP contribution in [0.2, 0.25) is 0 Å². The Hall–Kier alpha value is -4.60. The molecule has 42 heavy (non-hydrogen) atoms. The molecule has 2 aromatic heterocycles. The minimum Gasteiger partial charge on any atom is -0.361 e. The van der Waals surface area contributed by atoms with Gasteiger partial charge in [0, 0.05) is 63.8 Å². The van der Waals surface area contributed by atoms with Crippen molar-refractivity contribution in [2.75, 3.05) is 62.9 Å².